The predicted molar refractivity (Wildman–Crippen MR) is 63.9 cm³/mol. The third-order valence-electron chi connectivity index (χ3n) is 2.32. The third kappa shape index (κ3) is 1.53. The van der Waals surface area contributed by atoms with Gasteiger partial charge in [-0.3, -0.25) is 0 Å². The highest BCUT2D eigenvalue weighted by atomic mass is 32.1. The summed E-state index contributed by atoms with van der Waals surface area (Å²) in [7, 11) is 0. The molecule has 0 aliphatic rings. The Balaban J connectivity index is 2.22. The summed E-state index contributed by atoms with van der Waals surface area (Å²) >= 11 is 1.60. The topological polar surface area (TPSA) is 12.9 Å². The fourth-order valence-corrected chi connectivity index (χ4v) is 2.20. The first kappa shape index (κ1) is 8.62. The number of pyridine rings is 1. The van der Waals surface area contributed by atoms with Crippen LogP contribution >= 0.6 is 11.3 Å². The Morgan fingerprint density at radius 2 is 1.93 bits per heavy atom. The van der Waals surface area contributed by atoms with E-state index in [1.807, 2.05) is 30.3 Å². The van der Waals surface area contributed by atoms with E-state index in [-0.39, 0.29) is 0 Å². The zero-order valence-corrected chi connectivity index (χ0v) is 8.79. The van der Waals surface area contributed by atoms with E-state index in [1.165, 1.54) is 10.3 Å². The van der Waals surface area contributed by atoms with Gasteiger partial charge in [0.15, 0.2) is 0 Å². The van der Waals surface area contributed by atoms with Crippen LogP contribution in [0.1, 0.15) is 0 Å². The number of para-hydroxylation sites is 1. The van der Waals surface area contributed by atoms with Crippen molar-refractivity contribution in [3.8, 4) is 10.6 Å². The van der Waals surface area contributed by atoms with Crippen LogP contribution in [0, 0.1) is 5.38 Å². The summed E-state index contributed by atoms with van der Waals surface area (Å²) in [6.07, 6.45) is 0. The van der Waals surface area contributed by atoms with E-state index >= 15 is 0 Å². The van der Waals surface area contributed by atoms with Crippen LogP contribution in [0.15, 0.2) is 48.5 Å². The summed E-state index contributed by atoms with van der Waals surface area (Å²) in [4.78, 5) is 5.78. The van der Waals surface area contributed by atoms with Crippen molar-refractivity contribution < 1.29 is 0 Å². The molecule has 2 heterocycles. The maximum atomic E-state index is 4.61. The molecule has 0 fully saturated rings. The van der Waals surface area contributed by atoms with E-state index in [0.717, 1.165) is 11.2 Å². The normalized spacial score (nSPS) is 10.7. The Hall–Kier alpha value is -1.67. The van der Waals surface area contributed by atoms with Crippen molar-refractivity contribution in [2.75, 3.05) is 0 Å². The molecule has 3 aromatic rings. The molecule has 1 aromatic carbocycles. The van der Waals surface area contributed by atoms with Gasteiger partial charge >= 0.3 is 0 Å². The number of nitrogens with zero attached hydrogens (tertiary/aromatic N) is 1. The number of fused-ring (bicyclic) bond motifs is 1. The molecular weight excluding hydrogens is 202 g/mol. The fraction of sp³-hybridized carbons (Fsp3) is 0. The van der Waals surface area contributed by atoms with E-state index in [9.17, 15) is 0 Å². The van der Waals surface area contributed by atoms with E-state index in [0.29, 0.717) is 0 Å². The molecule has 0 saturated carbocycles. The van der Waals surface area contributed by atoms with Gasteiger partial charge in [0.25, 0.3) is 0 Å². The zero-order chi connectivity index (χ0) is 10.1. The van der Waals surface area contributed by atoms with Crippen molar-refractivity contribution >= 4 is 22.2 Å². The molecule has 0 aliphatic heterocycles. The number of aromatic nitrogens is 1. The monoisotopic (exact) mass is 210 g/mol. The summed E-state index contributed by atoms with van der Waals surface area (Å²) < 4.78 is 0. The lowest BCUT2D eigenvalue weighted by molar-refractivity contribution is 1.42. The van der Waals surface area contributed by atoms with Gasteiger partial charge in [0.2, 0.25) is 0 Å². The van der Waals surface area contributed by atoms with E-state index in [4.69, 9.17) is 0 Å². The van der Waals surface area contributed by atoms with Crippen LogP contribution in [-0.4, -0.2) is 4.98 Å². The number of rotatable bonds is 1. The lowest BCUT2D eigenvalue weighted by atomic mass is 10.2. The SMILES string of the molecule is [c]1ccc(-c2ccc3ccccc3n2)s1. The van der Waals surface area contributed by atoms with Crippen molar-refractivity contribution in [1.82, 2.24) is 4.98 Å². The lowest BCUT2D eigenvalue weighted by Crippen LogP contribution is -1.81. The van der Waals surface area contributed by atoms with Crippen LogP contribution < -0.4 is 0 Å². The van der Waals surface area contributed by atoms with Gasteiger partial charge in [0, 0.05) is 10.8 Å². The van der Waals surface area contributed by atoms with Crippen LogP contribution in [-0.2, 0) is 0 Å². The average Bonchev–Trinajstić information content (AvgIpc) is 2.82. The number of benzene rings is 1. The molecule has 0 bridgehead atoms. The minimum atomic E-state index is 1.03. The summed E-state index contributed by atoms with van der Waals surface area (Å²) in [6, 6.07) is 16.3. The molecule has 0 amide bonds. The number of hydrogen-bond donors (Lipinski definition) is 0. The van der Waals surface area contributed by atoms with Crippen molar-refractivity contribution in [2.45, 2.75) is 0 Å². The molecule has 1 radical (unpaired) electrons. The first-order chi connectivity index (χ1) is 7.43. The number of hydrogen-bond acceptors (Lipinski definition) is 2. The first-order valence-electron chi connectivity index (χ1n) is 4.75. The minimum absolute atomic E-state index is 1.03. The van der Waals surface area contributed by atoms with Crippen molar-refractivity contribution in [3.05, 3.63) is 53.9 Å². The highest BCUT2D eigenvalue weighted by molar-refractivity contribution is 7.13. The smallest absolute Gasteiger partial charge is 0.0809 e. The minimum Gasteiger partial charge on any atom is -0.247 e. The van der Waals surface area contributed by atoms with Gasteiger partial charge in [0.1, 0.15) is 0 Å². The van der Waals surface area contributed by atoms with Gasteiger partial charge in [0.05, 0.1) is 16.1 Å². The Bertz CT molecular complexity index is 584. The van der Waals surface area contributed by atoms with Crippen LogP contribution in [0.3, 0.4) is 0 Å². The highest BCUT2D eigenvalue weighted by Gasteiger charge is 2.01. The second-order valence-corrected chi connectivity index (χ2v) is 4.19. The molecule has 0 saturated heterocycles. The largest absolute Gasteiger partial charge is 0.247 e. The summed E-state index contributed by atoms with van der Waals surface area (Å²) in [5.41, 5.74) is 2.07. The molecule has 0 aliphatic carbocycles. The standard InChI is InChI=1S/C13H8NS/c1-2-5-11-10(4-1)7-8-12(14-11)13-6-3-9-15-13/h1-8H. The average molecular weight is 210 g/mol. The van der Waals surface area contributed by atoms with E-state index in [1.54, 1.807) is 11.3 Å². The quantitative estimate of drug-likeness (QED) is 0.596. The van der Waals surface area contributed by atoms with Crippen molar-refractivity contribution in [3.63, 3.8) is 0 Å². The van der Waals surface area contributed by atoms with Crippen LogP contribution in [0.4, 0.5) is 0 Å². The Morgan fingerprint density at radius 3 is 2.80 bits per heavy atom. The molecular formula is C13H8NS. The first-order valence-corrected chi connectivity index (χ1v) is 5.57. The maximum absolute atomic E-state index is 4.61. The molecule has 1 nitrogen and oxygen atoms in total. The molecule has 15 heavy (non-hydrogen) atoms. The molecule has 0 unspecified atom stereocenters. The maximum Gasteiger partial charge on any atom is 0.0809 e. The van der Waals surface area contributed by atoms with Crippen LogP contribution in [0.2, 0.25) is 0 Å². The molecule has 0 N–H and O–H groups in total. The lowest BCUT2D eigenvalue weighted by Gasteiger charge is -1.99. The van der Waals surface area contributed by atoms with Crippen molar-refractivity contribution in [1.29, 1.82) is 0 Å². The Labute approximate surface area is 92.0 Å². The Morgan fingerprint density at radius 1 is 1.00 bits per heavy atom. The van der Waals surface area contributed by atoms with Gasteiger partial charge < -0.3 is 0 Å². The molecule has 0 atom stereocenters. The second kappa shape index (κ2) is 3.48. The predicted octanol–water partition coefficient (Wildman–Crippen LogP) is 3.76. The molecule has 2 aromatic heterocycles. The summed E-state index contributed by atoms with van der Waals surface area (Å²) in [6.45, 7) is 0. The van der Waals surface area contributed by atoms with Crippen LogP contribution in [0.25, 0.3) is 21.5 Å². The van der Waals surface area contributed by atoms with Crippen molar-refractivity contribution in [2.24, 2.45) is 0 Å². The van der Waals surface area contributed by atoms with E-state index < -0.39 is 0 Å². The molecule has 2 heteroatoms. The van der Waals surface area contributed by atoms with Gasteiger partial charge in [-0.25, -0.2) is 4.98 Å². The van der Waals surface area contributed by atoms with Crippen LogP contribution in [0.5, 0.6) is 0 Å². The fourth-order valence-electron chi connectivity index (χ4n) is 1.58. The molecule has 71 valence electrons. The van der Waals surface area contributed by atoms with Gasteiger partial charge in [-0.05, 0) is 24.3 Å². The summed E-state index contributed by atoms with van der Waals surface area (Å²) in [5.74, 6) is 0. The van der Waals surface area contributed by atoms with Gasteiger partial charge in [-0.15, -0.1) is 11.3 Å². The summed E-state index contributed by atoms with van der Waals surface area (Å²) in [5, 5.41) is 4.26. The van der Waals surface area contributed by atoms with Gasteiger partial charge in [-0.2, -0.15) is 0 Å². The third-order valence-corrected chi connectivity index (χ3v) is 3.14. The van der Waals surface area contributed by atoms with E-state index in [2.05, 4.69) is 28.6 Å². The Kier molecular flexibility index (Phi) is 2.00. The molecule has 0 spiro atoms. The number of thiophene rings is 1. The second-order valence-electron chi connectivity index (χ2n) is 3.31. The highest BCUT2D eigenvalue weighted by Crippen LogP contribution is 2.24. The molecule has 3 rings (SSSR count). The van der Waals surface area contributed by atoms with Gasteiger partial charge in [-0.1, -0.05) is 24.3 Å². The zero-order valence-electron chi connectivity index (χ0n) is 7.97.